The Morgan fingerprint density at radius 2 is 1.77 bits per heavy atom. The van der Waals surface area contributed by atoms with Crippen LogP contribution in [-0.2, 0) is 14.3 Å². The molecule has 1 aliphatic carbocycles. The molecule has 2 fully saturated rings. The fourth-order valence-corrected chi connectivity index (χ4v) is 4.26. The van der Waals surface area contributed by atoms with E-state index in [0.29, 0.717) is 19.7 Å². The molecule has 1 amide bonds. The molecule has 5 heteroatoms. The number of esters is 1. The van der Waals surface area contributed by atoms with E-state index in [1.807, 2.05) is 36.1 Å². The number of hydrogen-bond acceptors (Lipinski definition) is 4. The fourth-order valence-electron chi connectivity index (χ4n) is 4.26. The lowest BCUT2D eigenvalue weighted by Gasteiger charge is -2.38. The van der Waals surface area contributed by atoms with E-state index in [4.69, 9.17) is 9.47 Å². The lowest BCUT2D eigenvalue weighted by molar-refractivity contribution is -0.152. The van der Waals surface area contributed by atoms with Gasteiger partial charge in [0.05, 0.1) is 19.6 Å². The highest BCUT2D eigenvalue weighted by atomic mass is 16.5. The summed E-state index contributed by atoms with van der Waals surface area (Å²) in [6.45, 7) is 3.36. The number of nitrogens with zero attached hydrogens (tertiary/aromatic N) is 1. The summed E-state index contributed by atoms with van der Waals surface area (Å²) < 4.78 is 10.5. The minimum absolute atomic E-state index is 0.132. The van der Waals surface area contributed by atoms with Crippen molar-refractivity contribution >= 4 is 11.9 Å². The summed E-state index contributed by atoms with van der Waals surface area (Å²) >= 11 is 0. The number of hydrogen-bond donors (Lipinski definition) is 0. The van der Waals surface area contributed by atoms with E-state index in [1.54, 1.807) is 7.11 Å². The smallest absolute Gasteiger partial charge is 0.310 e. The molecule has 1 aliphatic heterocycles. The van der Waals surface area contributed by atoms with Gasteiger partial charge in [-0.3, -0.25) is 9.59 Å². The Labute approximate surface area is 155 Å². The zero-order valence-electron chi connectivity index (χ0n) is 15.8. The van der Waals surface area contributed by atoms with E-state index < -0.39 is 0 Å². The third-order valence-electron chi connectivity index (χ3n) is 5.67. The minimum Gasteiger partial charge on any atom is -0.497 e. The van der Waals surface area contributed by atoms with Gasteiger partial charge in [-0.1, -0.05) is 25.0 Å². The Morgan fingerprint density at radius 3 is 2.38 bits per heavy atom. The fraction of sp³-hybridized carbons (Fsp3) is 0.619. The van der Waals surface area contributed by atoms with Crippen molar-refractivity contribution in [2.75, 3.05) is 26.8 Å². The number of methoxy groups -OCH3 is 1. The number of amides is 1. The molecule has 26 heavy (non-hydrogen) atoms. The largest absolute Gasteiger partial charge is 0.497 e. The van der Waals surface area contributed by atoms with Crippen LogP contribution in [0.3, 0.4) is 0 Å². The van der Waals surface area contributed by atoms with Gasteiger partial charge in [0.1, 0.15) is 5.75 Å². The van der Waals surface area contributed by atoms with E-state index in [-0.39, 0.29) is 29.6 Å². The summed E-state index contributed by atoms with van der Waals surface area (Å²) in [5.74, 6) is 0.873. The lowest BCUT2D eigenvalue weighted by Crippen LogP contribution is -2.47. The SMILES string of the molecule is CCOC(=O)C1CC(c2ccc(OC)cc2)CN(C(=O)C2CCCC2)C1. The molecule has 1 saturated heterocycles. The molecular weight excluding hydrogens is 330 g/mol. The average molecular weight is 359 g/mol. The van der Waals surface area contributed by atoms with E-state index in [0.717, 1.165) is 43.4 Å². The Balaban J connectivity index is 1.78. The number of ether oxygens (including phenoxy) is 2. The van der Waals surface area contributed by atoms with Gasteiger partial charge in [-0.25, -0.2) is 0 Å². The van der Waals surface area contributed by atoms with Crippen LogP contribution < -0.4 is 4.74 Å². The van der Waals surface area contributed by atoms with Crippen LogP contribution in [0.25, 0.3) is 0 Å². The van der Waals surface area contributed by atoms with Crippen LogP contribution in [0.5, 0.6) is 5.75 Å². The van der Waals surface area contributed by atoms with Crippen molar-refractivity contribution in [2.24, 2.45) is 11.8 Å². The molecule has 2 atom stereocenters. The maximum Gasteiger partial charge on any atom is 0.310 e. The monoisotopic (exact) mass is 359 g/mol. The number of piperidine rings is 1. The lowest BCUT2D eigenvalue weighted by atomic mass is 9.84. The highest BCUT2D eigenvalue weighted by Crippen LogP contribution is 2.34. The summed E-state index contributed by atoms with van der Waals surface area (Å²) in [5.41, 5.74) is 1.14. The maximum absolute atomic E-state index is 13.0. The summed E-state index contributed by atoms with van der Waals surface area (Å²) in [6.07, 6.45) is 4.94. The third kappa shape index (κ3) is 4.19. The molecule has 3 rings (SSSR count). The number of benzene rings is 1. The molecule has 1 saturated carbocycles. The summed E-state index contributed by atoms with van der Waals surface area (Å²) in [7, 11) is 1.65. The number of carbonyl (C=O) groups excluding carboxylic acids is 2. The van der Waals surface area contributed by atoms with E-state index in [9.17, 15) is 9.59 Å². The second kappa shape index (κ2) is 8.56. The highest BCUT2D eigenvalue weighted by molar-refractivity contribution is 5.81. The van der Waals surface area contributed by atoms with Crippen molar-refractivity contribution in [1.82, 2.24) is 4.90 Å². The molecule has 1 aromatic carbocycles. The quantitative estimate of drug-likeness (QED) is 0.756. The Morgan fingerprint density at radius 1 is 1.08 bits per heavy atom. The molecule has 0 bridgehead atoms. The molecule has 0 N–H and O–H groups in total. The first-order chi connectivity index (χ1) is 12.6. The van der Waals surface area contributed by atoms with Gasteiger partial charge in [-0.05, 0) is 43.9 Å². The van der Waals surface area contributed by atoms with Crippen LogP contribution in [0.15, 0.2) is 24.3 Å². The first-order valence-corrected chi connectivity index (χ1v) is 9.71. The first-order valence-electron chi connectivity index (χ1n) is 9.71. The van der Waals surface area contributed by atoms with Gasteiger partial charge in [0.15, 0.2) is 0 Å². The molecule has 2 aliphatic rings. The van der Waals surface area contributed by atoms with Gasteiger partial charge in [0, 0.05) is 24.9 Å². The zero-order chi connectivity index (χ0) is 18.5. The number of carbonyl (C=O) groups is 2. The molecular formula is C21H29NO4. The molecule has 0 aromatic heterocycles. The van der Waals surface area contributed by atoms with Gasteiger partial charge in [0.2, 0.25) is 5.91 Å². The second-order valence-corrected chi connectivity index (χ2v) is 7.38. The predicted molar refractivity (Wildman–Crippen MR) is 99.0 cm³/mol. The molecule has 142 valence electrons. The van der Waals surface area contributed by atoms with Gasteiger partial charge in [-0.15, -0.1) is 0 Å². The standard InChI is InChI=1S/C21H29NO4/c1-3-26-21(24)18-12-17(15-8-10-19(25-2)11-9-15)13-22(14-18)20(23)16-6-4-5-7-16/h8-11,16-18H,3-7,12-14H2,1-2H3. The summed E-state index contributed by atoms with van der Waals surface area (Å²) in [6, 6.07) is 7.95. The molecule has 2 unspecified atom stereocenters. The summed E-state index contributed by atoms with van der Waals surface area (Å²) in [4.78, 5) is 27.3. The minimum atomic E-state index is -0.249. The van der Waals surface area contributed by atoms with E-state index >= 15 is 0 Å². The van der Waals surface area contributed by atoms with Crippen LogP contribution in [-0.4, -0.2) is 43.6 Å². The molecule has 0 spiro atoms. The van der Waals surface area contributed by atoms with Crippen molar-refractivity contribution < 1.29 is 19.1 Å². The van der Waals surface area contributed by atoms with Crippen molar-refractivity contribution in [3.63, 3.8) is 0 Å². The summed E-state index contributed by atoms with van der Waals surface area (Å²) in [5, 5.41) is 0. The molecule has 1 aromatic rings. The molecule has 5 nitrogen and oxygen atoms in total. The Bertz CT molecular complexity index is 621. The van der Waals surface area contributed by atoms with Gasteiger partial charge >= 0.3 is 5.97 Å². The predicted octanol–water partition coefficient (Wildman–Crippen LogP) is 3.38. The maximum atomic E-state index is 13.0. The van der Waals surface area contributed by atoms with Gasteiger partial charge in [-0.2, -0.15) is 0 Å². The van der Waals surface area contributed by atoms with E-state index in [1.165, 1.54) is 0 Å². The van der Waals surface area contributed by atoms with Gasteiger partial charge in [0.25, 0.3) is 0 Å². The second-order valence-electron chi connectivity index (χ2n) is 7.38. The Hall–Kier alpha value is -2.04. The normalized spacial score (nSPS) is 23.7. The van der Waals surface area contributed by atoms with Gasteiger partial charge < -0.3 is 14.4 Å². The van der Waals surface area contributed by atoms with Crippen molar-refractivity contribution in [1.29, 1.82) is 0 Å². The van der Waals surface area contributed by atoms with Crippen LogP contribution in [0.2, 0.25) is 0 Å². The number of rotatable bonds is 5. The Kier molecular flexibility index (Phi) is 6.17. The third-order valence-corrected chi connectivity index (χ3v) is 5.67. The van der Waals surface area contributed by atoms with E-state index in [2.05, 4.69) is 0 Å². The van der Waals surface area contributed by atoms with Crippen LogP contribution >= 0.6 is 0 Å². The highest BCUT2D eigenvalue weighted by Gasteiger charge is 2.37. The number of likely N-dealkylation sites (tertiary alicyclic amines) is 1. The van der Waals surface area contributed by atoms with Crippen LogP contribution in [0.1, 0.15) is 50.5 Å². The topological polar surface area (TPSA) is 55.8 Å². The van der Waals surface area contributed by atoms with Crippen molar-refractivity contribution in [3.05, 3.63) is 29.8 Å². The first kappa shape index (κ1) is 18.7. The molecule has 0 radical (unpaired) electrons. The van der Waals surface area contributed by atoms with Crippen LogP contribution in [0, 0.1) is 11.8 Å². The average Bonchev–Trinajstić information content (AvgIpc) is 3.22. The molecule has 1 heterocycles. The van der Waals surface area contributed by atoms with Crippen molar-refractivity contribution in [3.8, 4) is 5.75 Å². The van der Waals surface area contributed by atoms with Crippen molar-refractivity contribution in [2.45, 2.75) is 44.9 Å². The zero-order valence-corrected chi connectivity index (χ0v) is 15.8. The van der Waals surface area contributed by atoms with Crippen LogP contribution in [0.4, 0.5) is 0 Å².